The standard InChI is InChI=1S/C6H12O3/c1-4-2-3-5(7)6(8)9-4/h4-8H,2-3H2,1H3/t4-,5?,6?/m0/s1. The van der Waals surface area contributed by atoms with Crippen LogP contribution < -0.4 is 0 Å². The molecule has 2 N–H and O–H groups in total. The van der Waals surface area contributed by atoms with Crippen LogP contribution in [0.2, 0.25) is 0 Å². The van der Waals surface area contributed by atoms with Crippen LogP contribution in [0, 0.1) is 0 Å². The van der Waals surface area contributed by atoms with Gasteiger partial charge in [0.25, 0.3) is 0 Å². The summed E-state index contributed by atoms with van der Waals surface area (Å²) in [6, 6.07) is 0. The number of rotatable bonds is 0. The summed E-state index contributed by atoms with van der Waals surface area (Å²) in [5.41, 5.74) is 0. The molecule has 0 bridgehead atoms. The van der Waals surface area contributed by atoms with Crippen LogP contribution >= 0.6 is 0 Å². The molecule has 1 aliphatic rings. The van der Waals surface area contributed by atoms with E-state index in [4.69, 9.17) is 14.9 Å². The molecule has 1 fully saturated rings. The van der Waals surface area contributed by atoms with Crippen molar-refractivity contribution in [3.05, 3.63) is 0 Å². The topological polar surface area (TPSA) is 49.7 Å². The van der Waals surface area contributed by atoms with E-state index in [2.05, 4.69) is 0 Å². The Labute approximate surface area is 54.3 Å². The summed E-state index contributed by atoms with van der Waals surface area (Å²) in [7, 11) is 0. The van der Waals surface area contributed by atoms with E-state index in [1.54, 1.807) is 0 Å². The molecular weight excluding hydrogens is 120 g/mol. The minimum atomic E-state index is -0.964. The molecule has 0 radical (unpaired) electrons. The molecule has 0 spiro atoms. The van der Waals surface area contributed by atoms with E-state index in [1.165, 1.54) is 0 Å². The molecule has 0 aliphatic carbocycles. The van der Waals surface area contributed by atoms with Gasteiger partial charge in [-0.1, -0.05) is 0 Å². The molecule has 0 amide bonds. The largest absolute Gasteiger partial charge is 0.388 e. The van der Waals surface area contributed by atoms with Crippen LogP contribution in [0.3, 0.4) is 0 Å². The van der Waals surface area contributed by atoms with E-state index < -0.39 is 12.4 Å². The zero-order valence-electron chi connectivity index (χ0n) is 5.45. The van der Waals surface area contributed by atoms with Crippen molar-refractivity contribution in [2.24, 2.45) is 0 Å². The highest BCUT2D eigenvalue weighted by Crippen LogP contribution is 2.16. The Bertz CT molecular complexity index is 94.3. The van der Waals surface area contributed by atoms with Crippen LogP contribution in [0.25, 0.3) is 0 Å². The Morgan fingerprint density at radius 2 is 2.00 bits per heavy atom. The molecule has 54 valence electrons. The average Bonchev–Trinajstić information content (AvgIpc) is 1.80. The number of ether oxygens (including phenoxy) is 1. The fourth-order valence-electron chi connectivity index (χ4n) is 0.945. The van der Waals surface area contributed by atoms with Gasteiger partial charge in [-0.15, -0.1) is 0 Å². The van der Waals surface area contributed by atoms with E-state index in [0.29, 0.717) is 6.42 Å². The molecule has 3 heteroatoms. The monoisotopic (exact) mass is 132 g/mol. The normalized spacial score (nSPS) is 45.0. The van der Waals surface area contributed by atoms with Crippen LogP contribution in [0.15, 0.2) is 0 Å². The van der Waals surface area contributed by atoms with Gasteiger partial charge in [0, 0.05) is 0 Å². The Kier molecular flexibility index (Phi) is 2.05. The van der Waals surface area contributed by atoms with Gasteiger partial charge in [-0.05, 0) is 19.8 Å². The van der Waals surface area contributed by atoms with Crippen molar-refractivity contribution in [1.82, 2.24) is 0 Å². The predicted molar refractivity (Wildman–Crippen MR) is 31.8 cm³/mol. The van der Waals surface area contributed by atoms with Crippen molar-refractivity contribution in [2.45, 2.75) is 38.3 Å². The zero-order valence-corrected chi connectivity index (χ0v) is 5.45. The smallest absolute Gasteiger partial charge is 0.181 e. The summed E-state index contributed by atoms with van der Waals surface area (Å²) < 4.78 is 4.90. The lowest BCUT2D eigenvalue weighted by molar-refractivity contribution is -0.210. The molecule has 0 aromatic rings. The van der Waals surface area contributed by atoms with Gasteiger partial charge in [0.05, 0.1) is 6.10 Å². The Morgan fingerprint density at radius 1 is 1.33 bits per heavy atom. The molecule has 0 aromatic carbocycles. The molecule has 0 saturated carbocycles. The van der Waals surface area contributed by atoms with Gasteiger partial charge in [-0.25, -0.2) is 0 Å². The van der Waals surface area contributed by atoms with Crippen molar-refractivity contribution in [3.63, 3.8) is 0 Å². The highest BCUT2D eigenvalue weighted by Gasteiger charge is 2.24. The molecule has 2 unspecified atom stereocenters. The van der Waals surface area contributed by atoms with E-state index in [0.717, 1.165) is 6.42 Å². The predicted octanol–water partition coefficient (Wildman–Crippen LogP) is -0.135. The molecule has 1 rings (SSSR count). The van der Waals surface area contributed by atoms with E-state index in [1.807, 2.05) is 6.92 Å². The lowest BCUT2D eigenvalue weighted by atomic mass is 10.1. The summed E-state index contributed by atoms with van der Waals surface area (Å²) in [4.78, 5) is 0. The summed E-state index contributed by atoms with van der Waals surface area (Å²) in [6.45, 7) is 1.88. The van der Waals surface area contributed by atoms with Gasteiger partial charge >= 0.3 is 0 Å². The third-order valence-electron chi connectivity index (χ3n) is 1.57. The first-order valence-corrected chi connectivity index (χ1v) is 3.21. The molecule has 1 aliphatic heterocycles. The molecular formula is C6H12O3. The van der Waals surface area contributed by atoms with Gasteiger partial charge in [0.2, 0.25) is 0 Å². The number of aliphatic hydroxyl groups is 2. The van der Waals surface area contributed by atoms with Crippen LogP contribution in [0.4, 0.5) is 0 Å². The maximum atomic E-state index is 8.92. The first-order valence-electron chi connectivity index (χ1n) is 3.21. The van der Waals surface area contributed by atoms with Gasteiger partial charge in [-0.3, -0.25) is 0 Å². The van der Waals surface area contributed by atoms with Crippen LogP contribution in [0.5, 0.6) is 0 Å². The fourth-order valence-corrected chi connectivity index (χ4v) is 0.945. The number of hydrogen-bond donors (Lipinski definition) is 2. The number of hydrogen-bond acceptors (Lipinski definition) is 3. The van der Waals surface area contributed by atoms with Crippen molar-refractivity contribution >= 4 is 0 Å². The third-order valence-corrected chi connectivity index (χ3v) is 1.57. The zero-order chi connectivity index (χ0) is 6.85. The van der Waals surface area contributed by atoms with Crippen LogP contribution in [0.1, 0.15) is 19.8 Å². The summed E-state index contributed by atoms with van der Waals surface area (Å²) in [6.07, 6.45) is -0.0843. The highest BCUT2D eigenvalue weighted by atomic mass is 16.6. The van der Waals surface area contributed by atoms with Crippen molar-refractivity contribution < 1.29 is 14.9 Å². The fraction of sp³-hybridized carbons (Fsp3) is 1.00. The second kappa shape index (κ2) is 2.64. The molecule has 1 heterocycles. The van der Waals surface area contributed by atoms with E-state index in [9.17, 15) is 0 Å². The van der Waals surface area contributed by atoms with E-state index >= 15 is 0 Å². The highest BCUT2D eigenvalue weighted by molar-refractivity contribution is 4.68. The third kappa shape index (κ3) is 1.64. The molecule has 0 aromatic heterocycles. The summed E-state index contributed by atoms with van der Waals surface area (Å²) in [5, 5.41) is 17.8. The quantitative estimate of drug-likeness (QED) is 0.482. The molecule has 9 heavy (non-hydrogen) atoms. The minimum absolute atomic E-state index is 0.0865. The Morgan fingerprint density at radius 3 is 2.44 bits per heavy atom. The number of aliphatic hydroxyl groups excluding tert-OH is 2. The lowest BCUT2D eigenvalue weighted by Gasteiger charge is -2.28. The first kappa shape index (κ1) is 6.99. The van der Waals surface area contributed by atoms with Gasteiger partial charge in [-0.2, -0.15) is 0 Å². The minimum Gasteiger partial charge on any atom is -0.388 e. The second-order valence-electron chi connectivity index (χ2n) is 2.48. The van der Waals surface area contributed by atoms with Crippen LogP contribution in [-0.2, 0) is 4.74 Å². The first-order chi connectivity index (χ1) is 4.20. The summed E-state index contributed by atoms with van der Waals surface area (Å²) in [5.74, 6) is 0. The lowest BCUT2D eigenvalue weighted by Crippen LogP contribution is -2.37. The van der Waals surface area contributed by atoms with Gasteiger partial charge in [0.1, 0.15) is 6.10 Å². The molecule has 3 nitrogen and oxygen atoms in total. The Hall–Kier alpha value is -0.120. The summed E-state index contributed by atoms with van der Waals surface area (Å²) >= 11 is 0. The van der Waals surface area contributed by atoms with Gasteiger partial charge < -0.3 is 14.9 Å². The maximum Gasteiger partial charge on any atom is 0.181 e. The SMILES string of the molecule is C[C@H]1CCC(O)C(O)O1. The van der Waals surface area contributed by atoms with Crippen molar-refractivity contribution in [3.8, 4) is 0 Å². The van der Waals surface area contributed by atoms with Crippen molar-refractivity contribution in [1.29, 1.82) is 0 Å². The van der Waals surface area contributed by atoms with Gasteiger partial charge in [0.15, 0.2) is 6.29 Å². The average molecular weight is 132 g/mol. The van der Waals surface area contributed by atoms with Crippen molar-refractivity contribution in [2.75, 3.05) is 0 Å². The Balaban J connectivity index is 2.35. The molecule has 1 saturated heterocycles. The molecule has 3 atom stereocenters. The second-order valence-corrected chi connectivity index (χ2v) is 2.48. The maximum absolute atomic E-state index is 8.92. The van der Waals surface area contributed by atoms with Crippen LogP contribution in [-0.4, -0.2) is 28.7 Å². The van der Waals surface area contributed by atoms with E-state index in [-0.39, 0.29) is 6.10 Å².